The Morgan fingerprint density at radius 1 is 1.03 bits per heavy atom. The van der Waals surface area contributed by atoms with Gasteiger partial charge >= 0.3 is 29.6 Å². The third kappa shape index (κ3) is 7.49. The zero-order valence-electron chi connectivity index (χ0n) is 16.5. The number of aliphatic hydroxyl groups is 6. The van der Waals surface area contributed by atoms with E-state index in [1.807, 2.05) is 0 Å². The minimum atomic E-state index is -5.19. The van der Waals surface area contributed by atoms with Crippen LogP contribution in [-0.4, -0.2) is 124 Å². The van der Waals surface area contributed by atoms with Gasteiger partial charge in [0, 0.05) is 6.92 Å². The van der Waals surface area contributed by atoms with Gasteiger partial charge < -0.3 is 54.7 Å². The second kappa shape index (κ2) is 11.9. The number of ether oxygens (including phenoxy) is 3. The van der Waals surface area contributed by atoms with Crippen molar-refractivity contribution in [3.8, 4) is 0 Å². The van der Waals surface area contributed by atoms with E-state index in [-0.39, 0.29) is 29.6 Å². The Bertz CT molecular complexity index is 694. The average Bonchev–Trinajstić information content (AvgIpc) is 2.65. The summed E-state index contributed by atoms with van der Waals surface area (Å²) in [6.45, 7) is -0.719. The van der Waals surface area contributed by atoms with Crippen LogP contribution in [0.15, 0.2) is 0 Å². The summed E-state index contributed by atoms with van der Waals surface area (Å²) in [4.78, 5) is 11.3. The molecule has 0 aromatic carbocycles. The number of hydrogen-bond donors (Lipinski definition) is 7. The average molecular weight is 485 g/mol. The van der Waals surface area contributed by atoms with E-state index in [0.717, 1.165) is 6.92 Å². The number of carbonyl (C=O) groups excluding carboxylic acids is 1. The standard InChI is InChI=1S/C14H25NO14S.Na/c1-4(17)15-7-9(19)12(6(27-13(7)22)3-26-30(23,24)25)29-14-11(21)10(20)8(18)5(2-16)28-14;/h5-14,16,18-22H,2-3H2,1H3,(H,15,17)(H,23,24,25);/q;+1/p-1. The van der Waals surface area contributed by atoms with E-state index >= 15 is 0 Å². The minimum absolute atomic E-state index is 0. The smallest absolute Gasteiger partial charge is 0.726 e. The number of amides is 1. The van der Waals surface area contributed by atoms with E-state index in [0.29, 0.717) is 0 Å². The van der Waals surface area contributed by atoms with E-state index in [2.05, 4.69) is 9.50 Å². The van der Waals surface area contributed by atoms with Gasteiger partial charge in [-0.25, -0.2) is 8.42 Å². The van der Waals surface area contributed by atoms with Crippen molar-refractivity contribution in [1.29, 1.82) is 0 Å². The molecule has 0 saturated carbocycles. The van der Waals surface area contributed by atoms with Crippen LogP contribution in [0.3, 0.4) is 0 Å². The molecule has 10 unspecified atom stereocenters. The molecule has 2 fully saturated rings. The molecule has 1 amide bonds. The zero-order chi connectivity index (χ0) is 22.8. The summed E-state index contributed by atoms with van der Waals surface area (Å²) in [6, 6.07) is -1.47. The van der Waals surface area contributed by atoms with Crippen molar-refractivity contribution < 1.29 is 96.4 Å². The first kappa shape index (κ1) is 29.0. The topological polar surface area (TPSA) is 245 Å². The zero-order valence-corrected chi connectivity index (χ0v) is 19.4. The van der Waals surface area contributed by atoms with Gasteiger partial charge in [-0.2, -0.15) is 0 Å². The van der Waals surface area contributed by atoms with Crippen molar-refractivity contribution in [3.63, 3.8) is 0 Å². The minimum Gasteiger partial charge on any atom is -0.726 e. The molecule has 0 radical (unpaired) electrons. The number of carbonyl (C=O) groups is 1. The Labute approximate surface area is 199 Å². The van der Waals surface area contributed by atoms with Gasteiger partial charge in [0.25, 0.3) is 0 Å². The van der Waals surface area contributed by atoms with Crippen molar-refractivity contribution in [2.45, 2.75) is 68.3 Å². The van der Waals surface area contributed by atoms with Gasteiger partial charge in [0.2, 0.25) is 16.3 Å². The van der Waals surface area contributed by atoms with Gasteiger partial charge in [-0.05, 0) is 0 Å². The molecule has 2 aliphatic rings. The van der Waals surface area contributed by atoms with Gasteiger partial charge in [0.05, 0.1) is 13.2 Å². The molecule has 17 heteroatoms. The fourth-order valence-corrected chi connectivity index (χ4v) is 3.41. The van der Waals surface area contributed by atoms with Crippen LogP contribution in [0.4, 0.5) is 0 Å². The van der Waals surface area contributed by atoms with Crippen LogP contribution in [0, 0.1) is 0 Å². The molecule has 31 heavy (non-hydrogen) atoms. The summed E-state index contributed by atoms with van der Waals surface area (Å²) >= 11 is 0. The summed E-state index contributed by atoms with van der Waals surface area (Å²) in [5.41, 5.74) is 0. The van der Waals surface area contributed by atoms with Gasteiger partial charge in [-0.15, -0.1) is 0 Å². The van der Waals surface area contributed by atoms with Crippen LogP contribution < -0.4 is 34.9 Å². The summed E-state index contributed by atoms with van der Waals surface area (Å²) < 4.78 is 51.9. The predicted octanol–water partition coefficient (Wildman–Crippen LogP) is -8.76. The maximum absolute atomic E-state index is 11.3. The third-order valence-electron chi connectivity index (χ3n) is 4.58. The molecule has 2 rings (SSSR count). The van der Waals surface area contributed by atoms with Gasteiger partial charge in [-0.3, -0.25) is 8.98 Å². The fourth-order valence-electron chi connectivity index (χ4n) is 3.11. The van der Waals surface area contributed by atoms with Crippen LogP contribution >= 0.6 is 0 Å². The van der Waals surface area contributed by atoms with E-state index in [1.165, 1.54) is 0 Å². The number of nitrogens with one attached hydrogen (secondary N) is 1. The maximum Gasteiger partial charge on any atom is 1.00 e. The molecule has 2 aliphatic heterocycles. The normalized spacial score (nSPS) is 41.3. The molecule has 7 N–H and O–H groups in total. The molecule has 2 saturated heterocycles. The molecule has 0 bridgehead atoms. The summed E-state index contributed by atoms with van der Waals surface area (Å²) in [6.07, 6.45) is -15.5. The van der Waals surface area contributed by atoms with Crippen molar-refractivity contribution in [2.24, 2.45) is 0 Å². The molecular weight excluding hydrogens is 461 g/mol. The van der Waals surface area contributed by atoms with Crippen LogP contribution in [-0.2, 0) is 33.6 Å². The molecule has 0 aromatic rings. The summed E-state index contributed by atoms with van der Waals surface area (Å²) in [7, 11) is -5.19. The summed E-state index contributed by atoms with van der Waals surface area (Å²) in [5, 5.41) is 61.7. The Morgan fingerprint density at radius 2 is 1.65 bits per heavy atom. The van der Waals surface area contributed by atoms with Gasteiger partial charge in [-0.1, -0.05) is 0 Å². The number of aliphatic hydroxyl groups excluding tert-OH is 6. The predicted molar refractivity (Wildman–Crippen MR) is 88.8 cm³/mol. The van der Waals surface area contributed by atoms with E-state index in [4.69, 9.17) is 14.2 Å². The largest absolute Gasteiger partial charge is 1.00 e. The number of rotatable bonds is 7. The molecule has 0 aromatic heterocycles. The quantitative estimate of drug-likeness (QED) is 0.101. The Hall–Kier alpha value is -0.0200. The van der Waals surface area contributed by atoms with E-state index in [1.54, 1.807) is 0 Å². The number of hydrogen-bond acceptors (Lipinski definition) is 14. The van der Waals surface area contributed by atoms with E-state index in [9.17, 15) is 48.4 Å². The van der Waals surface area contributed by atoms with Crippen LogP contribution in [0.25, 0.3) is 0 Å². The maximum atomic E-state index is 11.3. The van der Waals surface area contributed by atoms with Gasteiger partial charge in [0.15, 0.2) is 12.6 Å². The van der Waals surface area contributed by atoms with Crippen molar-refractivity contribution >= 4 is 16.3 Å². The third-order valence-corrected chi connectivity index (χ3v) is 5.00. The first-order valence-corrected chi connectivity index (χ1v) is 10.0. The first-order valence-electron chi connectivity index (χ1n) is 8.70. The Morgan fingerprint density at radius 3 is 2.16 bits per heavy atom. The Balaban J connectivity index is 0.00000480. The van der Waals surface area contributed by atoms with Crippen molar-refractivity contribution in [2.75, 3.05) is 13.2 Å². The first-order chi connectivity index (χ1) is 13.9. The SMILES string of the molecule is CC(=O)NC1C(O)OC(COS(=O)(=O)[O-])C(OC2OC(CO)C(O)C(O)C2O)C1O.[Na+]. The van der Waals surface area contributed by atoms with Crippen LogP contribution in [0.5, 0.6) is 0 Å². The second-order valence-corrected chi connectivity index (χ2v) is 7.82. The fraction of sp³-hybridized carbons (Fsp3) is 0.929. The molecule has 176 valence electrons. The molecule has 10 atom stereocenters. The van der Waals surface area contributed by atoms with E-state index < -0.39 is 90.9 Å². The van der Waals surface area contributed by atoms with Crippen LogP contribution in [0.1, 0.15) is 6.92 Å². The molecule has 0 aliphatic carbocycles. The molecule has 2 heterocycles. The second-order valence-electron chi connectivity index (χ2n) is 6.77. The molecule has 0 spiro atoms. The molecule has 15 nitrogen and oxygen atoms in total. The summed E-state index contributed by atoms with van der Waals surface area (Å²) in [5.74, 6) is -0.676. The van der Waals surface area contributed by atoms with Crippen LogP contribution in [0.2, 0.25) is 0 Å². The van der Waals surface area contributed by atoms with Crippen molar-refractivity contribution in [3.05, 3.63) is 0 Å². The molecular formula is C14H24NNaO14S. The van der Waals surface area contributed by atoms with Crippen molar-refractivity contribution in [1.82, 2.24) is 5.32 Å². The Kier molecular flexibility index (Phi) is 11.1. The van der Waals surface area contributed by atoms with Gasteiger partial charge in [0.1, 0.15) is 48.8 Å². The monoisotopic (exact) mass is 485 g/mol.